The van der Waals surface area contributed by atoms with Crippen LogP contribution in [0.2, 0.25) is 0 Å². The highest BCUT2D eigenvalue weighted by molar-refractivity contribution is 5.93. The van der Waals surface area contributed by atoms with Crippen molar-refractivity contribution in [3.63, 3.8) is 0 Å². The summed E-state index contributed by atoms with van der Waals surface area (Å²) in [6.45, 7) is -0.299. The SMILES string of the molecule is CN(C(=O)N[C@@H](CCO)C(=O)O)c1ccccc1. The van der Waals surface area contributed by atoms with E-state index in [0.717, 1.165) is 0 Å². The van der Waals surface area contributed by atoms with Crippen LogP contribution in [-0.2, 0) is 4.79 Å². The predicted octanol–water partition coefficient (Wildman–Crippen LogP) is 0.668. The maximum absolute atomic E-state index is 11.8. The maximum atomic E-state index is 11.8. The quantitative estimate of drug-likeness (QED) is 0.718. The van der Waals surface area contributed by atoms with E-state index in [1.165, 1.54) is 4.90 Å². The van der Waals surface area contributed by atoms with Crippen LogP contribution in [0.1, 0.15) is 6.42 Å². The number of aliphatic hydroxyl groups is 1. The molecule has 1 aromatic rings. The van der Waals surface area contributed by atoms with Crippen LogP contribution in [-0.4, -0.2) is 41.9 Å². The average molecular weight is 252 g/mol. The fraction of sp³-hybridized carbons (Fsp3) is 0.333. The van der Waals surface area contributed by atoms with Crippen molar-refractivity contribution in [3.05, 3.63) is 30.3 Å². The van der Waals surface area contributed by atoms with Gasteiger partial charge in [0.1, 0.15) is 6.04 Å². The van der Waals surface area contributed by atoms with Gasteiger partial charge in [0.25, 0.3) is 0 Å². The van der Waals surface area contributed by atoms with Gasteiger partial charge in [0.2, 0.25) is 0 Å². The van der Waals surface area contributed by atoms with Crippen molar-refractivity contribution in [2.24, 2.45) is 0 Å². The number of nitrogens with zero attached hydrogens (tertiary/aromatic N) is 1. The first-order chi connectivity index (χ1) is 8.56. The lowest BCUT2D eigenvalue weighted by atomic mass is 10.2. The van der Waals surface area contributed by atoms with E-state index in [0.29, 0.717) is 5.69 Å². The molecule has 0 aliphatic rings. The van der Waals surface area contributed by atoms with E-state index in [1.54, 1.807) is 31.3 Å². The van der Waals surface area contributed by atoms with Gasteiger partial charge in [-0.3, -0.25) is 4.90 Å². The van der Waals surface area contributed by atoms with Crippen molar-refractivity contribution in [2.75, 3.05) is 18.6 Å². The van der Waals surface area contributed by atoms with E-state index in [4.69, 9.17) is 10.2 Å². The number of carboxylic acids is 1. The number of rotatable bonds is 5. The van der Waals surface area contributed by atoms with Gasteiger partial charge in [-0.05, 0) is 12.1 Å². The molecule has 0 spiro atoms. The number of para-hydroxylation sites is 1. The molecular formula is C12H16N2O4. The summed E-state index contributed by atoms with van der Waals surface area (Å²) in [5.74, 6) is -1.17. The molecule has 6 nitrogen and oxygen atoms in total. The van der Waals surface area contributed by atoms with Gasteiger partial charge in [0, 0.05) is 25.8 Å². The second kappa shape index (κ2) is 6.61. The van der Waals surface area contributed by atoms with Gasteiger partial charge in [0.15, 0.2) is 0 Å². The van der Waals surface area contributed by atoms with Crippen LogP contribution in [0.4, 0.5) is 10.5 Å². The number of anilines is 1. The number of amides is 2. The van der Waals surface area contributed by atoms with E-state index in [-0.39, 0.29) is 13.0 Å². The summed E-state index contributed by atoms with van der Waals surface area (Å²) in [5, 5.41) is 19.9. The highest BCUT2D eigenvalue weighted by Gasteiger charge is 2.21. The molecule has 1 rings (SSSR count). The number of hydrogen-bond donors (Lipinski definition) is 3. The Bertz CT molecular complexity index is 408. The Morgan fingerprint density at radius 3 is 2.44 bits per heavy atom. The second-order valence-electron chi connectivity index (χ2n) is 3.75. The minimum Gasteiger partial charge on any atom is -0.480 e. The smallest absolute Gasteiger partial charge is 0.326 e. The van der Waals surface area contributed by atoms with Gasteiger partial charge in [0.05, 0.1) is 0 Å². The van der Waals surface area contributed by atoms with Crippen LogP contribution in [0.15, 0.2) is 30.3 Å². The lowest BCUT2D eigenvalue weighted by molar-refractivity contribution is -0.139. The zero-order valence-electron chi connectivity index (χ0n) is 10.0. The Balaban J connectivity index is 2.67. The third-order valence-electron chi connectivity index (χ3n) is 2.46. The maximum Gasteiger partial charge on any atom is 0.326 e. The summed E-state index contributed by atoms with van der Waals surface area (Å²) in [6.07, 6.45) is -0.0241. The van der Waals surface area contributed by atoms with Crippen molar-refractivity contribution in [3.8, 4) is 0 Å². The number of urea groups is 1. The first kappa shape index (κ1) is 14.0. The number of carboxylic acid groups (broad SMARTS) is 1. The monoisotopic (exact) mass is 252 g/mol. The van der Waals surface area contributed by atoms with Crippen molar-refractivity contribution in [1.82, 2.24) is 5.32 Å². The Morgan fingerprint density at radius 2 is 1.94 bits per heavy atom. The molecule has 3 N–H and O–H groups in total. The van der Waals surface area contributed by atoms with Crippen molar-refractivity contribution >= 4 is 17.7 Å². The normalized spacial score (nSPS) is 11.7. The summed E-state index contributed by atoms with van der Waals surface area (Å²) in [7, 11) is 1.54. The number of benzene rings is 1. The standard InChI is InChI=1S/C12H16N2O4/c1-14(9-5-3-2-4-6-9)12(18)13-10(7-8-15)11(16)17/h2-6,10,15H,7-8H2,1H3,(H,13,18)(H,16,17)/t10-/m0/s1. The largest absolute Gasteiger partial charge is 0.480 e. The topological polar surface area (TPSA) is 89.9 Å². The minimum absolute atomic E-state index is 0.0241. The van der Waals surface area contributed by atoms with Crippen LogP contribution in [0.25, 0.3) is 0 Å². The molecule has 0 aliphatic heterocycles. The summed E-state index contributed by atoms with van der Waals surface area (Å²) < 4.78 is 0. The van der Waals surface area contributed by atoms with Crippen LogP contribution >= 0.6 is 0 Å². The summed E-state index contributed by atoms with van der Waals surface area (Å²) in [5.41, 5.74) is 0.656. The van der Waals surface area contributed by atoms with E-state index < -0.39 is 18.0 Å². The molecule has 0 aromatic heterocycles. The second-order valence-corrected chi connectivity index (χ2v) is 3.75. The fourth-order valence-corrected chi connectivity index (χ4v) is 1.40. The molecule has 0 radical (unpaired) electrons. The summed E-state index contributed by atoms with van der Waals surface area (Å²) in [4.78, 5) is 24.0. The van der Waals surface area contributed by atoms with E-state index >= 15 is 0 Å². The van der Waals surface area contributed by atoms with Crippen LogP contribution in [0, 0.1) is 0 Å². The van der Waals surface area contributed by atoms with E-state index in [1.807, 2.05) is 6.07 Å². The predicted molar refractivity (Wildman–Crippen MR) is 66.5 cm³/mol. The first-order valence-electron chi connectivity index (χ1n) is 5.49. The third-order valence-corrected chi connectivity index (χ3v) is 2.46. The highest BCUT2D eigenvalue weighted by Crippen LogP contribution is 2.11. The van der Waals surface area contributed by atoms with Crippen LogP contribution in [0.3, 0.4) is 0 Å². The number of nitrogens with one attached hydrogen (secondary N) is 1. The third kappa shape index (κ3) is 3.74. The van der Waals surface area contributed by atoms with Gasteiger partial charge >= 0.3 is 12.0 Å². The Labute approximate surface area is 105 Å². The molecule has 18 heavy (non-hydrogen) atoms. The molecule has 6 heteroatoms. The molecule has 0 unspecified atom stereocenters. The number of aliphatic hydroxyl groups excluding tert-OH is 1. The number of aliphatic carboxylic acids is 1. The number of hydrogen-bond acceptors (Lipinski definition) is 3. The first-order valence-corrected chi connectivity index (χ1v) is 5.49. The lowest BCUT2D eigenvalue weighted by Gasteiger charge is -2.21. The van der Waals surface area contributed by atoms with Gasteiger partial charge in [-0.2, -0.15) is 0 Å². The molecule has 1 atom stereocenters. The zero-order chi connectivity index (χ0) is 13.5. The molecule has 1 aromatic carbocycles. The van der Waals surface area contributed by atoms with E-state index in [2.05, 4.69) is 5.32 Å². The van der Waals surface area contributed by atoms with Gasteiger partial charge < -0.3 is 15.5 Å². The van der Waals surface area contributed by atoms with Crippen LogP contribution in [0.5, 0.6) is 0 Å². The number of carbonyl (C=O) groups excluding carboxylic acids is 1. The molecule has 98 valence electrons. The van der Waals surface area contributed by atoms with Crippen molar-refractivity contribution in [1.29, 1.82) is 0 Å². The average Bonchev–Trinajstić information content (AvgIpc) is 2.38. The minimum atomic E-state index is -1.17. The van der Waals surface area contributed by atoms with E-state index in [9.17, 15) is 9.59 Å². The zero-order valence-corrected chi connectivity index (χ0v) is 10.0. The molecule has 0 aliphatic carbocycles. The molecule has 2 amide bonds. The fourth-order valence-electron chi connectivity index (χ4n) is 1.40. The Morgan fingerprint density at radius 1 is 1.33 bits per heavy atom. The van der Waals surface area contributed by atoms with Crippen molar-refractivity contribution in [2.45, 2.75) is 12.5 Å². The molecule has 0 fully saturated rings. The molecule has 0 saturated heterocycles. The van der Waals surface area contributed by atoms with Gasteiger partial charge in [-0.25, -0.2) is 9.59 Å². The van der Waals surface area contributed by atoms with Gasteiger partial charge in [-0.15, -0.1) is 0 Å². The molecule has 0 heterocycles. The Kier molecular flexibility index (Phi) is 5.13. The lowest BCUT2D eigenvalue weighted by Crippen LogP contribution is -2.47. The summed E-state index contributed by atoms with van der Waals surface area (Å²) >= 11 is 0. The highest BCUT2D eigenvalue weighted by atomic mass is 16.4. The molecule has 0 saturated carbocycles. The summed E-state index contributed by atoms with van der Waals surface area (Å²) in [6, 6.07) is 7.24. The molecule has 0 bridgehead atoms. The van der Waals surface area contributed by atoms with Gasteiger partial charge in [-0.1, -0.05) is 18.2 Å². The molecular weight excluding hydrogens is 236 g/mol. The van der Waals surface area contributed by atoms with Crippen molar-refractivity contribution < 1.29 is 19.8 Å². The number of carbonyl (C=O) groups is 2. The Hall–Kier alpha value is -2.08. The van der Waals surface area contributed by atoms with Crippen LogP contribution < -0.4 is 10.2 Å².